The molecule has 0 aliphatic heterocycles. The lowest BCUT2D eigenvalue weighted by Crippen LogP contribution is -3.06. The third-order valence-corrected chi connectivity index (χ3v) is 3.17. The van der Waals surface area contributed by atoms with Crippen LogP contribution in [0.5, 0.6) is 11.5 Å². The fourth-order valence-corrected chi connectivity index (χ4v) is 1.89. The van der Waals surface area contributed by atoms with Gasteiger partial charge in [0.05, 0.1) is 40.9 Å². The lowest BCUT2D eigenvalue weighted by Gasteiger charge is -2.14. The summed E-state index contributed by atoms with van der Waals surface area (Å²) in [6.45, 7) is 4.06. The summed E-state index contributed by atoms with van der Waals surface area (Å²) < 4.78 is 10.6. The van der Waals surface area contributed by atoms with Crippen LogP contribution in [0, 0.1) is 0 Å². The summed E-state index contributed by atoms with van der Waals surface area (Å²) in [5, 5.41) is 3.38. The van der Waals surface area contributed by atoms with Gasteiger partial charge in [-0.05, 0) is 37.3 Å². The number of hydrogen-bond acceptors (Lipinski definition) is 4. The quantitative estimate of drug-likeness (QED) is 0.390. The van der Waals surface area contributed by atoms with Gasteiger partial charge in [0.1, 0.15) is 0 Å². The first-order valence-electron chi connectivity index (χ1n) is 7.42. The van der Waals surface area contributed by atoms with Crippen molar-refractivity contribution in [3.8, 4) is 11.5 Å². The molecule has 23 heavy (non-hydrogen) atoms. The molecule has 1 aromatic carbocycles. The highest BCUT2D eigenvalue weighted by molar-refractivity contribution is 7.80. The largest absolute Gasteiger partial charge is 0.493 e. The van der Waals surface area contributed by atoms with Crippen molar-refractivity contribution in [3.63, 3.8) is 0 Å². The number of thiocarbonyl (C=S) groups is 1. The topological polar surface area (TPSA) is 76.1 Å². The fourth-order valence-electron chi connectivity index (χ4n) is 1.74. The number of carbonyl (C=O) groups excluding carboxylic acids is 1. The van der Waals surface area contributed by atoms with E-state index in [2.05, 4.69) is 30.3 Å². The fraction of sp³-hybridized carbons (Fsp3) is 0.467. The van der Waals surface area contributed by atoms with Crippen LogP contribution in [0.25, 0.3) is 0 Å². The highest BCUT2D eigenvalue weighted by Crippen LogP contribution is 2.27. The molecule has 0 spiro atoms. The summed E-state index contributed by atoms with van der Waals surface area (Å²) in [4.78, 5) is 13.4. The Hall–Kier alpha value is -2.06. The highest BCUT2D eigenvalue weighted by atomic mass is 32.1. The Morgan fingerprint density at radius 2 is 2.00 bits per heavy atom. The lowest BCUT2D eigenvalue weighted by atomic mass is 10.2. The standard InChI is InChI=1S/C15H24N4O3S/c1-5-22-12-7-6-11(10-13(12)21-4)14(20)17-18-15(23)16-8-9-19(2)3/h6-7,10H,5,8-9H2,1-4H3,(H,17,20)(H2,16,18,23)/p+1. The first kappa shape index (κ1) is 19.0. The van der Waals surface area contributed by atoms with Crippen LogP contribution in [0.3, 0.4) is 0 Å². The Kier molecular flexibility index (Phi) is 8.14. The molecule has 4 N–H and O–H groups in total. The van der Waals surface area contributed by atoms with Gasteiger partial charge in [0.2, 0.25) is 0 Å². The third-order valence-electron chi connectivity index (χ3n) is 2.93. The molecule has 128 valence electrons. The van der Waals surface area contributed by atoms with Crippen LogP contribution in [0.15, 0.2) is 18.2 Å². The first-order valence-corrected chi connectivity index (χ1v) is 7.82. The number of ether oxygens (including phenoxy) is 2. The maximum atomic E-state index is 12.1. The molecule has 1 aromatic rings. The SMILES string of the molecule is CCOc1ccc(C(=O)NNC(=S)NCC[NH+](C)C)cc1OC. The second-order valence-electron chi connectivity index (χ2n) is 5.09. The molecule has 0 aliphatic rings. The molecule has 8 heteroatoms. The number of methoxy groups -OCH3 is 1. The number of carbonyl (C=O) groups is 1. The molecule has 0 radical (unpaired) electrons. The summed E-state index contributed by atoms with van der Waals surface area (Å²) in [5.41, 5.74) is 5.66. The molecule has 0 saturated carbocycles. The average Bonchev–Trinajstić information content (AvgIpc) is 2.52. The molecule has 1 amide bonds. The zero-order valence-corrected chi connectivity index (χ0v) is 14.8. The second kappa shape index (κ2) is 9.86. The predicted octanol–water partition coefficient (Wildman–Crippen LogP) is -0.653. The Morgan fingerprint density at radius 1 is 1.26 bits per heavy atom. The van der Waals surface area contributed by atoms with E-state index in [-0.39, 0.29) is 5.91 Å². The van der Waals surface area contributed by atoms with E-state index in [0.717, 1.165) is 13.1 Å². The Labute approximate surface area is 142 Å². The predicted molar refractivity (Wildman–Crippen MR) is 93.0 cm³/mol. The van der Waals surface area contributed by atoms with Crippen molar-refractivity contribution in [3.05, 3.63) is 23.8 Å². The number of likely N-dealkylation sites (N-methyl/N-ethyl adjacent to an activating group) is 1. The minimum Gasteiger partial charge on any atom is -0.493 e. The highest BCUT2D eigenvalue weighted by Gasteiger charge is 2.11. The monoisotopic (exact) mass is 341 g/mol. The molecule has 7 nitrogen and oxygen atoms in total. The van der Waals surface area contributed by atoms with Crippen molar-refractivity contribution in [2.75, 3.05) is 40.9 Å². The number of benzene rings is 1. The molecule has 0 fully saturated rings. The molecular weight excluding hydrogens is 316 g/mol. The molecule has 0 unspecified atom stereocenters. The van der Waals surface area contributed by atoms with Crippen LogP contribution in [0.2, 0.25) is 0 Å². The number of hydrazine groups is 1. The minimum atomic E-state index is -0.311. The Morgan fingerprint density at radius 3 is 2.61 bits per heavy atom. The molecular formula is C15H25N4O3S+. The minimum absolute atomic E-state index is 0.311. The van der Waals surface area contributed by atoms with E-state index in [4.69, 9.17) is 21.7 Å². The summed E-state index contributed by atoms with van der Waals surface area (Å²) in [6, 6.07) is 4.98. The van der Waals surface area contributed by atoms with Gasteiger partial charge >= 0.3 is 0 Å². The van der Waals surface area contributed by atoms with Crippen molar-refractivity contribution in [1.82, 2.24) is 16.2 Å². The normalized spacial score (nSPS) is 10.1. The van der Waals surface area contributed by atoms with Crippen molar-refractivity contribution in [2.45, 2.75) is 6.92 Å². The van der Waals surface area contributed by atoms with E-state index >= 15 is 0 Å². The van der Waals surface area contributed by atoms with E-state index in [9.17, 15) is 4.79 Å². The molecule has 0 aliphatic carbocycles. The van der Waals surface area contributed by atoms with Crippen LogP contribution < -0.4 is 30.5 Å². The molecule has 0 aromatic heterocycles. The molecule has 0 bridgehead atoms. The summed E-state index contributed by atoms with van der Waals surface area (Å²) in [5.74, 6) is 0.797. The molecule has 1 rings (SSSR count). The van der Waals surface area contributed by atoms with E-state index in [1.165, 1.54) is 12.0 Å². The van der Waals surface area contributed by atoms with Crippen LogP contribution in [0.1, 0.15) is 17.3 Å². The van der Waals surface area contributed by atoms with E-state index in [1.54, 1.807) is 18.2 Å². The third kappa shape index (κ3) is 6.70. The van der Waals surface area contributed by atoms with E-state index < -0.39 is 0 Å². The van der Waals surface area contributed by atoms with Gasteiger partial charge in [0.15, 0.2) is 16.6 Å². The molecule has 0 saturated heterocycles. The number of quaternary nitrogens is 1. The summed E-state index contributed by atoms with van der Waals surface area (Å²) >= 11 is 5.09. The lowest BCUT2D eigenvalue weighted by molar-refractivity contribution is -0.856. The Bertz CT molecular complexity index is 537. The van der Waals surface area contributed by atoms with Crippen LogP contribution in [-0.2, 0) is 0 Å². The number of hydrogen-bond donors (Lipinski definition) is 4. The van der Waals surface area contributed by atoms with Crippen LogP contribution >= 0.6 is 12.2 Å². The second-order valence-corrected chi connectivity index (χ2v) is 5.50. The van der Waals surface area contributed by atoms with Gasteiger partial charge in [-0.15, -0.1) is 0 Å². The van der Waals surface area contributed by atoms with Crippen LogP contribution in [-0.4, -0.2) is 51.9 Å². The average molecular weight is 341 g/mol. The number of nitrogens with one attached hydrogen (secondary N) is 4. The summed E-state index contributed by atoms with van der Waals surface area (Å²) in [7, 11) is 5.64. The Balaban J connectivity index is 2.53. The zero-order valence-electron chi connectivity index (χ0n) is 14.0. The van der Waals surface area contributed by atoms with Gasteiger partial charge in [0.25, 0.3) is 5.91 Å². The van der Waals surface area contributed by atoms with Gasteiger partial charge in [0, 0.05) is 5.56 Å². The van der Waals surface area contributed by atoms with Crippen molar-refractivity contribution < 1.29 is 19.2 Å². The van der Waals surface area contributed by atoms with Crippen molar-refractivity contribution >= 4 is 23.2 Å². The van der Waals surface area contributed by atoms with Gasteiger partial charge in [-0.2, -0.15) is 0 Å². The van der Waals surface area contributed by atoms with Crippen molar-refractivity contribution in [2.24, 2.45) is 0 Å². The number of rotatable bonds is 7. The number of amides is 1. The first-order chi connectivity index (χ1) is 11.0. The van der Waals surface area contributed by atoms with Gasteiger partial charge in [-0.25, -0.2) is 0 Å². The molecule has 0 atom stereocenters. The van der Waals surface area contributed by atoms with Gasteiger partial charge in [-0.3, -0.25) is 15.6 Å². The van der Waals surface area contributed by atoms with Gasteiger partial charge < -0.3 is 19.7 Å². The van der Waals surface area contributed by atoms with E-state index in [0.29, 0.717) is 28.8 Å². The van der Waals surface area contributed by atoms with E-state index in [1.807, 2.05) is 6.92 Å². The maximum Gasteiger partial charge on any atom is 0.269 e. The van der Waals surface area contributed by atoms with Gasteiger partial charge in [-0.1, -0.05) is 0 Å². The maximum absolute atomic E-state index is 12.1. The van der Waals surface area contributed by atoms with Crippen LogP contribution in [0.4, 0.5) is 0 Å². The zero-order chi connectivity index (χ0) is 17.2. The smallest absolute Gasteiger partial charge is 0.269 e. The van der Waals surface area contributed by atoms with Crippen molar-refractivity contribution in [1.29, 1.82) is 0 Å². The molecule has 0 heterocycles. The summed E-state index contributed by atoms with van der Waals surface area (Å²) in [6.07, 6.45) is 0.